The molecule has 13 heavy (non-hydrogen) atoms. The van der Waals surface area contributed by atoms with E-state index >= 15 is 0 Å². The van der Waals surface area contributed by atoms with Gasteiger partial charge in [0.1, 0.15) is 5.76 Å². The molecule has 1 atom stereocenters. The fraction of sp³-hybridized carbons (Fsp3) is 0.444. The molecule has 0 aromatic carbocycles. The lowest BCUT2D eigenvalue weighted by molar-refractivity contribution is -0.117. The first-order valence-electron chi connectivity index (χ1n) is 4.05. The Morgan fingerprint density at radius 2 is 2.46 bits per heavy atom. The molecule has 0 aliphatic rings. The van der Waals surface area contributed by atoms with Crippen LogP contribution in [0.3, 0.4) is 0 Å². The van der Waals surface area contributed by atoms with Gasteiger partial charge in [-0.25, -0.2) is 0 Å². The van der Waals surface area contributed by atoms with Crippen LogP contribution in [0.1, 0.15) is 18.2 Å². The fourth-order valence-electron chi connectivity index (χ4n) is 0.835. The molecule has 0 aliphatic carbocycles. The van der Waals surface area contributed by atoms with Crippen LogP contribution in [0, 0.1) is 6.92 Å². The Morgan fingerprint density at radius 1 is 1.77 bits per heavy atom. The van der Waals surface area contributed by atoms with Crippen LogP contribution in [-0.4, -0.2) is 11.2 Å². The van der Waals surface area contributed by atoms with Gasteiger partial charge in [-0.05, 0) is 25.5 Å². The van der Waals surface area contributed by atoms with Crippen molar-refractivity contribution in [1.29, 1.82) is 0 Å². The second-order valence-corrected chi connectivity index (χ2v) is 4.21. The van der Waals surface area contributed by atoms with Crippen LogP contribution < -0.4 is 5.73 Å². The zero-order valence-corrected chi connectivity index (χ0v) is 8.56. The van der Waals surface area contributed by atoms with Gasteiger partial charge in [0, 0.05) is 0 Å². The van der Waals surface area contributed by atoms with Crippen molar-refractivity contribution in [3.05, 3.63) is 23.7 Å². The van der Waals surface area contributed by atoms with Gasteiger partial charge in [-0.3, -0.25) is 4.79 Å². The van der Waals surface area contributed by atoms with Crippen LogP contribution >= 0.6 is 11.8 Å². The smallest absolute Gasteiger partial charge is 0.230 e. The van der Waals surface area contributed by atoms with Crippen LogP contribution in [0.4, 0.5) is 0 Å². The lowest BCUT2D eigenvalue weighted by Gasteiger charge is -2.05. The van der Waals surface area contributed by atoms with E-state index in [1.807, 2.05) is 13.0 Å². The number of nitrogens with two attached hydrogens (primary N) is 1. The van der Waals surface area contributed by atoms with Crippen molar-refractivity contribution in [2.24, 2.45) is 5.73 Å². The molecule has 3 nitrogen and oxygen atoms in total. The molecule has 0 aliphatic heterocycles. The summed E-state index contributed by atoms with van der Waals surface area (Å²) in [5, 5.41) is -0.163. The lowest BCUT2D eigenvalue weighted by atomic mass is 10.3. The number of rotatable bonds is 4. The molecule has 1 aromatic heterocycles. The van der Waals surface area contributed by atoms with Crippen molar-refractivity contribution < 1.29 is 9.21 Å². The van der Waals surface area contributed by atoms with Gasteiger partial charge in [-0.2, -0.15) is 0 Å². The second kappa shape index (κ2) is 4.37. The summed E-state index contributed by atoms with van der Waals surface area (Å²) >= 11 is 1.49. The number of hydrogen-bond acceptors (Lipinski definition) is 3. The van der Waals surface area contributed by atoms with Crippen molar-refractivity contribution in [2.45, 2.75) is 24.9 Å². The van der Waals surface area contributed by atoms with Gasteiger partial charge in [0.15, 0.2) is 0 Å². The molecule has 1 rings (SSSR count). The van der Waals surface area contributed by atoms with E-state index in [2.05, 4.69) is 0 Å². The minimum Gasteiger partial charge on any atom is -0.468 e. The van der Waals surface area contributed by atoms with Crippen LogP contribution in [0.25, 0.3) is 0 Å². The van der Waals surface area contributed by atoms with Crippen molar-refractivity contribution in [3.8, 4) is 0 Å². The molecule has 1 amide bonds. The second-order valence-electron chi connectivity index (χ2n) is 2.88. The maximum Gasteiger partial charge on any atom is 0.230 e. The lowest BCUT2D eigenvalue weighted by Crippen LogP contribution is -2.22. The SMILES string of the molecule is Cc1ccoc1CSC(C)C(N)=O. The molecule has 1 heterocycles. The highest BCUT2D eigenvalue weighted by Crippen LogP contribution is 2.20. The third-order valence-corrected chi connectivity index (χ3v) is 2.99. The van der Waals surface area contributed by atoms with E-state index in [0.29, 0.717) is 5.75 Å². The van der Waals surface area contributed by atoms with Gasteiger partial charge in [-0.1, -0.05) is 0 Å². The molecule has 72 valence electrons. The normalized spacial score (nSPS) is 12.8. The summed E-state index contributed by atoms with van der Waals surface area (Å²) in [7, 11) is 0. The van der Waals surface area contributed by atoms with E-state index in [4.69, 9.17) is 10.2 Å². The third-order valence-electron chi connectivity index (χ3n) is 1.83. The molecule has 0 fully saturated rings. The molecule has 0 spiro atoms. The van der Waals surface area contributed by atoms with Crippen molar-refractivity contribution in [3.63, 3.8) is 0 Å². The molecule has 2 N–H and O–H groups in total. The highest BCUT2D eigenvalue weighted by atomic mass is 32.2. The largest absolute Gasteiger partial charge is 0.468 e. The summed E-state index contributed by atoms with van der Waals surface area (Å²) in [5.74, 6) is 1.33. The molecule has 0 bridgehead atoms. The van der Waals surface area contributed by atoms with Crippen LogP contribution in [0.5, 0.6) is 0 Å². The van der Waals surface area contributed by atoms with E-state index in [1.165, 1.54) is 11.8 Å². The first-order chi connectivity index (χ1) is 6.11. The van der Waals surface area contributed by atoms with E-state index in [0.717, 1.165) is 11.3 Å². The Bertz CT molecular complexity index is 296. The number of primary amides is 1. The molecule has 1 aromatic rings. The van der Waals surface area contributed by atoms with E-state index in [-0.39, 0.29) is 11.2 Å². The number of furan rings is 1. The van der Waals surface area contributed by atoms with Gasteiger partial charge in [0.2, 0.25) is 5.91 Å². The Hall–Kier alpha value is -0.900. The first-order valence-corrected chi connectivity index (χ1v) is 5.10. The van der Waals surface area contributed by atoms with Crippen LogP contribution in [0.2, 0.25) is 0 Å². The number of hydrogen-bond donors (Lipinski definition) is 1. The maximum atomic E-state index is 10.7. The number of amides is 1. The zero-order chi connectivity index (χ0) is 9.84. The van der Waals surface area contributed by atoms with E-state index < -0.39 is 0 Å². The quantitative estimate of drug-likeness (QED) is 0.802. The summed E-state index contributed by atoms with van der Waals surface area (Å²) in [6.45, 7) is 3.78. The van der Waals surface area contributed by atoms with Crippen molar-refractivity contribution >= 4 is 17.7 Å². The summed E-state index contributed by atoms with van der Waals surface area (Å²) < 4.78 is 5.22. The van der Waals surface area contributed by atoms with Gasteiger partial charge in [-0.15, -0.1) is 11.8 Å². The third kappa shape index (κ3) is 2.81. The van der Waals surface area contributed by atoms with Crippen LogP contribution in [-0.2, 0) is 10.5 Å². The molecule has 0 saturated heterocycles. The average Bonchev–Trinajstić information content (AvgIpc) is 2.47. The Labute approximate surface area is 81.7 Å². The topological polar surface area (TPSA) is 56.2 Å². The van der Waals surface area contributed by atoms with E-state index in [1.54, 1.807) is 13.2 Å². The predicted molar refractivity (Wildman–Crippen MR) is 53.4 cm³/mol. The minimum atomic E-state index is -0.283. The van der Waals surface area contributed by atoms with Gasteiger partial charge < -0.3 is 10.2 Å². The van der Waals surface area contributed by atoms with Crippen molar-refractivity contribution in [1.82, 2.24) is 0 Å². The Kier molecular flexibility index (Phi) is 3.42. The number of aryl methyl sites for hydroxylation is 1. The Balaban J connectivity index is 2.44. The number of thioether (sulfide) groups is 1. The van der Waals surface area contributed by atoms with Crippen LogP contribution in [0.15, 0.2) is 16.7 Å². The average molecular weight is 199 g/mol. The Morgan fingerprint density at radius 3 is 2.92 bits per heavy atom. The van der Waals surface area contributed by atoms with Gasteiger partial charge in [0.25, 0.3) is 0 Å². The molecule has 4 heteroatoms. The van der Waals surface area contributed by atoms with Crippen molar-refractivity contribution in [2.75, 3.05) is 0 Å². The van der Waals surface area contributed by atoms with Gasteiger partial charge >= 0.3 is 0 Å². The standard InChI is InChI=1S/C9H13NO2S/c1-6-3-4-12-8(6)5-13-7(2)9(10)11/h3-4,7H,5H2,1-2H3,(H2,10,11). The molecule has 0 radical (unpaired) electrons. The number of carbonyl (C=O) groups is 1. The monoisotopic (exact) mass is 199 g/mol. The molecular weight excluding hydrogens is 186 g/mol. The first kappa shape index (κ1) is 10.2. The predicted octanol–water partition coefficient (Wildman–Crippen LogP) is 1.70. The fourth-order valence-corrected chi connectivity index (χ4v) is 1.70. The zero-order valence-electron chi connectivity index (χ0n) is 7.74. The number of carbonyl (C=O) groups excluding carboxylic acids is 1. The summed E-state index contributed by atoms with van der Waals surface area (Å²) in [5.41, 5.74) is 6.24. The minimum absolute atomic E-state index is 0.163. The molecule has 1 unspecified atom stereocenters. The maximum absolute atomic E-state index is 10.7. The summed E-state index contributed by atoms with van der Waals surface area (Å²) in [4.78, 5) is 10.7. The highest BCUT2D eigenvalue weighted by molar-refractivity contribution is 7.99. The molecule has 0 saturated carbocycles. The molecular formula is C9H13NO2S. The van der Waals surface area contributed by atoms with E-state index in [9.17, 15) is 4.79 Å². The highest BCUT2D eigenvalue weighted by Gasteiger charge is 2.10. The summed E-state index contributed by atoms with van der Waals surface area (Å²) in [6, 6.07) is 1.91. The van der Waals surface area contributed by atoms with Gasteiger partial charge in [0.05, 0.1) is 17.3 Å². The summed E-state index contributed by atoms with van der Waals surface area (Å²) in [6.07, 6.45) is 1.65.